The first kappa shape index (κ1) is 21.0. The summed E-state index contributed by atoms with van der Waals surface area (Å²) in [4.78, 5) is 35.9. The summed E-state index contributed by atoms with van der Waals surface area (Å²) in [5, 5.41) is 2.30. The van der Waals surface area contributed by atoms with Crippen LogP contribution < -0.4 is 5.32 Å². The highest BCUT2D eigenvalue weighted by atomic mass is 19.1. The summed E-state index contributed by atoms with van der Waals surface area (Å²) in [7, 11) is 0. The Hall–Kier alpha value is -3.75. The number of carbonyl (C=O) groups is 2. The van der Waals surface area contributed by atoms with E-state index < -0.39 is 29.1 Å². The van der Waals surface area contributed by atoms with Crippen molar-refractivity contribution in [2.75, 3.05) is 11.9 Å². The molecule has 1 aliphatic rings. The zero-order valence-corrected chi connectivity index (χ0v) is 16.3. The molecule has 30 heavy (non-hydrogen) atoms. The van der Waals surface area contributed by atoms with Gasteiger partial charge in [-0.1, -0.05) is 12.2 Å². The number of nitrogens with zero attached hydrogens (tertiary/aromatic N) is 3. The second-order valence-corrected chi connectivity index (χ2v) is 6.31. The van der Waals surface area contributed by atoms with E-state index in [1.54, 1.807) is 13.0 Å². The second-order valence-electron chi connectivity index (χ2n) is 6.31. The number of carbonyl (C=O) groups excluding carboxylic acids is 2. The van der Waals surface area contributed by atoms with Crippen LogP contribution in [0.3, 0.4) is 0 Å². The number of aromatic nitrogens is 3. The number of halogens is 2. The average molecular weight is 412 g/mol. The Balaban J connectivity index is 1.84. The van der Waals surface area contributed by atoms with Crippen molar-refractivity contribution < 1.29 is 23.1 Å². The first-order valence-electron chi connectivity index (χ1n) is 9.08. The van der Waals surface area contributed by atoms with Crippen LogP contribution in [-0.4, -0.2) is 33.4 Å². The van der Waals surface area contributed by atoms with Gasteiger partial charge in [0.2, 0.25) is 0 Å². The van der Waals surface area contributed by atoms with Gasteiger partial charge in [0.15, 0.2) is 17.5 Å². The molecule has 154 valence electrons. The zero-order valence-electron chi connectivity index (χ0n) is 16.3. The van der Waals surface area contributed by atoms with Crippen LogP contribution in [0.2, 0.25) is 0 Å². The van der Waals surface area contributed by atoms with E-state index >= 15 is 0 Å². The molecule has 0 aliphatic heterocycles. The largest absolute Gasteiger partial charge is 0.463 e. The molecule has 1 aliphatic carbocycles. The molecule has 2 aromatic heterocycles. The van der Waals surface area contributed by atoms with Crippen LogP contribution in [0, 0.1) is 11.6 Å². The van der Waals surface area contributed by atoms with Crippen LogP contribution in [0.1, 0.15) is 36.3 Å². The summed E-state index contributed by atoms with van der Waals surface area (Å²) >= 11 is 0. The van der Waals surface area contributed by atoms with Crippen molar-refractivity contribution in [3.63, 3.8) is 0 Å². The lowest BCUT2D eigenvalue weighted by Gasteiger charge is -2.09. The third-order valence-corrected chi connectivity index (χ3v) is 4.24. The molecule has 0 unspecified atom stereocenters. The Morgan fingerprint density at radius 3 is 2.50 bits per heavy atom. The van der Waals surface area contributed by atoms with Gasteiger partial charge in [0.05, 0.1) is 37.1 Å². The Labute approximate surface area is 171 Å². The van der Waals surface area contributed by atoms with E-state index in [1.807, 2.05) is 19.1 Å². The summed E-state index contributed by atoms with van der Waals surface area (Å²) in [6.07, 6.45) is 9.98. The van der Waals surface area contributed by atoms with Crippen LogP contribution >= 0.6 is 0 Å². The fraction of sp³-hybridized carbons (Fsp3) is 0.190. The quantitative estimate of drug-likeness (QED) is 0.754. The number of esters is 1. The lowest BCUT2D eigenvalue weighted by atomic mass is 10.0. The maximum Gasteiger partial charge on any atom is 0.334 e. The number of hydrogen-bond donors (Lipinski definition) is 1. The van der Waals surface area contributed by atoms with Crippen molar-refractivity contribution in [3.8, 4) is 0 Å². The van der Waals surface area contributed by atoms with E-state index in [0.717, 1.165) is 18.0 Å². The standard InChI is InChI=1S/C21H18F2N4O3/c1-3-30-21(29)13-6-4-5-12(2)14(7-13)17-10-26-18(11-25-17)27-20(28)19-15(22)8-24-9-16(19)23/h4-5,7-11H,3,6H2,1-2H3,(H,26,27,28). The molecular weight excluding hydrogens is 394 g/mol. The van der Waals surface area contributed by atoms with E-state index in [1.165, 1.54) is 12.4 Å². The third kappa shape index (κ3) is 4.62. The van der Waals surface area contributed by atoms with Crippen LogP contribution in [-0.2, 0) is 9.53 Å². The van der Waals surface area contributed by atoms with Gasteiger partial charge in [-0.25, -0.2) is 18.6 Å². The normalized spacial score (nSPS) is 13.5. The van der Waals surface area contributed by atoms with Crippen LogP contribution in [0.5, 0.6) is 0 Å². The molecule has 2 heterocycles. The van der Waals surface area contributed by atoms with Gasteiger partial charge < -0.3 is 10.1 Å². The van der Waals surface area contributed by atoms with E-state index in [2.05, 4.69) is 20.3 Å². The molecule has 0 radical (unpaired) electrons. The zero-order chi connectivity index (χ0) is 21.7. The smallest absolute Gasteiger partial charge is 0.334 e. The maximum atomic E-state index is 13.7. The second kappa shape index (κ2) is 9.17. The van der Waals surface area contributed by atoms with Gasteiger partial charge >= 0.3 is 5.97 Å². The summed E-state index contributed by atoms with van der Waals surface area (Å²) in [6.45, 7) is 3.86. The van der Waals surface area contributed by atoms with Crippen LogP contribution in [0.4, 0.5) is 14.6 Å². The van der Waals surface area contributed by atoms with Crippen molar-refractivity contribution in [2.24, 2.45) is 0 Å². The third-order valence-electron chi connectivity index (χ3n) is 4.24. The number of nitrogens with one attached hydrogen (secondary N) is 1. The molecular formula is C21H18F2N4O3. The Morgan fingerprint density at radius 1 is 1.13 bits per heavy atom. The molecule has 0 saturated heterocycles. The molecule has 9 heteroatoms. The van der Waals surface area contributed by atoms with Crippen molar-refractivity contribution >= 4 is 23.3 Å². The molecule has 7 nitrogen and oxygen atoms in total. The van der Waals surface area contributed by atoms with Gasteiger partial charge in [0.25, 0.3) is 5.91 Å². The predicted octanol–water partition coefficient (Wildman–Crippen LogP) is 3.63. The molecule has 1 amide bonds. The highest BCUT2D eigenvalue weighted by molar-refractivity contribution is 6.04. The minimum absolute atomic E-state index is 0.0105. The first-order valence-corrected chi connectivity index (χ1v) is 9.08. The minimum atomic E-state index is -1.08. The number of hydrogen-bond acceptors (Lipinski definition) is 6. The lowest BCUT2D eigenvalue weighted by Crippen LogP contribution is -2.17. The highest BCUT2D eigenvalue weighted by Crippen LogP contribution is 2.26. The summed E-state index contributed by atoms with van der Waals surface area (Å²) in [5.41, 5.74) is 1.71. The summed E-state index contributed by atoms with van der Waals surface area (Å²) in [6, 6.07) is 0. The van der Waals surface area contributed by atoms with Crippen molar-refractivity contribution in [3.05, 3.63) is 77.1 Å². The lowest BCUT2D eigenvalue weighted by molar-refractivity contribution is -0.138. The van der Waals surface area contributed by atoms with Gasteiger partial charge in [-0.05, 0) is 31.9 Å². The van der Waals surface area contributed by atoms with Gasteiger partial charge in [-0.3, -0.25) is 14.8 Å². The molecule has 0 aromatic carbocycles. The Bertz CT molecular complexity index is 1060. The van der Waals surface area contributed by atoms with E-state index in [-0.39, 0.29) is 12.4 Å². The molecule has 2 aromatic rings. The van der Waals surface area contributed by atoms with E-state index in [9.17, 15) is 18.4 Å². The Kier molecular flexibility index (Phi) is 6.41. The monoisotopic (exact) mass is 412 g/mol. The van der Waals surface area contributed by atoms with Crippen molar-refractivity contribution in [1.29, 1.82) is 0 Å². The van der Waals surface area contributed by atoms with Gasteiger partial charge in [-0.15, -0.1) is 0 Å². The number of rotatable bonds is 5. The first-order chi connectivity index (χ1) is 14.4. The van der Waals surface area contributed by atoms with Crippen molar-refractivity contribution in [2.45, 2.75) is 20.3 Å². The topological polar surface area (TPSA) is 94.1 Å². The van der Waals surface area contributed by atoms with Crippen LogP contribution in [0.25, 0.3) is 5.57 Å². The molecule has 0 spiro atoms. The van der Waals surface area contributed by atoms with Crippen molar-refractivity contribution in [1.82, 2.24) is 15.0 Å². The maximum absolute atomic E-state index is 13.7. The number of amides is 1. The van der Waals surface area contributed by atoms with Gasteiger partial charge in [0, 0.05) is 11.1 Å². The molecule has 0 atom stereocenters. The number of anilines is 1. The molecule has 0 bridgehead atoms. The number of pyridine rings is 1. The summed E-state index contributed by atoms with van der Waals surface area (Å²) in [5.74, 6) is -3.57. The number of ether oxygens (including phenoxy) is 1. The molecule has 3 rings (SSSR count). The van der Waals surface area contributed by atoms with Crippen LogP contribution in [0.15, 0.2) is 54.2 Å². The average Bonchev–Trinajstić information content (AvgIpc) is 2.90. The fourth-order valence-electron chi connectivity index (χ4n) is 2.78. The minimum Gasteiger partial charge on any atom is -0.463 e. The van der Waals surface area contributed by atoms with Gasteiger partial charge in [-0.2, -0.15) is 0 Å². The predicted molar refractivity (Wildman–Crippen MR) is 105 cm³/mol. The Morgan fingerprint density at radius 2 is 1.87 bits per heavy atom. The SMILES string of the molecule is CCOC(=O)C1=CC(c2cnc(NC(=O)c3c(F)cncc3F)cn2)=C(C)C=CC1. The fourth-order valence-corrected chi connectivity index (χ4v) is 2.78. The number of allylic oxidation sites excluding steroid dienone is 5. The van der Waals surface area contributed by atoms with Gasteiger partial charge in [0.1, 0.15) is 5.56 Å². The molecule has 0 saturated carbocycles. The highest BCUT2D eigenvalue weighted by Gasteiger charge is 2.19. The molecule has 0 fully saturated rings. The van der Waals surface area contributed by atoms with E-state index in [0.29, 0.717) is 23.3 Å². The summed E-state index contributed by atoms with van der Waals surface area (Å²) < 4.78 is 32.5. The van der Waals surface area contributed by atoms with E-state index in [4.69, 9.17) is 4.74 Å². The molecule has 1 N–H and O–H groups in total.